The van der Waals surface area contributed by atoms with Gasteiger partial charge in [0.2, 0.25) is 11.8 Å². The average molecular weight is 340 g/mol. The van der Waals surface area contributed by atoms with Crippen LogP contribution in [-0.2, 0) is 16.0 Å². The first kappa shape index (κ1) is 17.7. The van der Waals surface area contributed by atoms with Crippen LogP contribution in [0, 0.1) is 5.92 Å². The molecule has 1 aliphatic carbocycles. The number of amides is 2. The van der Waals surface area contributed by atoms with E-state index in [0.717, 1.165) is 19.4 Å². The van der Waals surface area contributed by atoms with E-state index in [2.05, 4.69) is 23.5 Å². The highest BCUT2D eigenvalue weighted by Gasteiger charge is 2.33. The lowest BCUT2D eigenvalue weighted by atomic mass is 9.97. The average Bonchev–Trinajstić information content (AvgIpc) is 3.02. The second kappa shape index (κ2) is 8.84. The maximum atomic E-state index is 12.3. The van der Waals surface area contributed by atoms with Crippen molar-refractivity contribution in [3.8, 4) is 0 Å². The number of nitrogens with one attached hydrogen (secondary N) is 1. The Hall–Kier alpha value is -2.10. The van der Waals surface area contributed by atoms with Crippen LogP contribution in [0.25, 0.3) is 0 Å². The lowest BCUT2D eigenvalue weighted by Crippen LogP contribution is -2.34. The van der Waals surface area contributed by atoms with Gasteiger partial charge in [-0.25, -0.2) is 0 Å². The van der Waals surface area contributed by atoms with Crippen molar-refractivity contribution in [2.75, 3.05) is 19.6 Å². The SMILES string of the molecule is O=C(NCCc1ccccc1)C1CC(=O)N(CCC2=CCCCC2)C1. The maximum absolute atomic E-state index is 12.3. The first-order valence-corrected chi connectivity index (χ1v) is 9.49. The van der Waals surface area contributed by atoms with Gasteiger partial charge < -0.3 is 10.2 Å². The van der Waals surface area contributed by atoms with E-state index in [1.807, 2.05) is 23.1 Å². The molecular formula is C21H28N2O2. The van der Waals surface area contributed by atoms with Crippen LogP contribution >= 0.6 is 0 Å². The number of likely N-dealkylation sites (tertiary alicyclic amines) is 1. The molecule has 25 heavy (non-hydrogen) atoms. The molecule has 0 saturated carbocycles. The Balaban J connectivity index is 1.40. The number of carbonyl (C=O) groups excluding carboxylic acids is 2. The van der Waals surface area contributed by atoms with Crippen molar-refractivity contribution < 1.29 is 9.59 Å². The van der Waals surface area contributed by atoms with Crippen LogP contribution in [0.5, 0.6) is 0 Å². The van der Waals surface area contributed by atoms with Crippen molar-refractivity contribution in [2.45, 2.75) is 44.9 Å². The van der Waals surface area contributed by atoms with E-state index in [-0.39, 0.29) is 17.7 Å². The van der Waals surface area contributed by atoms with Crippen molar-refractivity contribution >= 4 is 11.8 Å². The van der Waals surface area contributed by atoms with E-state index in [1.54, 1.807) is 0 Å². The van der Waals surface area contributed by atoms with E-state index in [9.17, 15) is 9.59 Å². The maximum Gasteiger partial charge on any atom is 0.225 e. The van der Waals surface area contributed by atoms with Gasteiger partial charge >= 0.3 is 0 Å². The molecule has 3 rings (SSSR count). The highest BCUT2D eigenvalue weighted by atomic mass is 16.2. The van der Waals surface area contributed by atoms with Gasteiger partial charge in [-0.2, -0.15) is 0 Å². The second-order valence-corrected chi connectivity index (χ2v) is 7.13. The van der Waals surface area contributed by atoms with E-state index < -0.39 is 0 Å². The third-order valence-electron chi connectivity index (χ3n) is 5.23. The summed E-state index contributed by atoms with van der Waals surface area (Å²) in [5.74, 6) is -0.0492. The summed E-state index contributed by atoms with van der Waals surface area (Å²) in [6.45, 7) is 1.96. The molecule has 1 N–H and O–H groups in total. The summed E-state index contributed by atoms with van der Waals surface area (Å²) in [5, 5.41) is 2.99. The number of nitrogens with zero attached hydrogens (tertiary/aromatic N) is 1. The molecule has 2 aliphatic rings. The summed E-state index contributed by atoms with van der Waals surface area (Å²) in [4.78, 5) is 26.4. The molecule has 0 aromatic heterocycles. The van der Waals surface area contributed by atoms with Crippen molar-refractivity contribution in [3.05, 3.63) is 47.5 Å². The van der Waals surface area contributed by atoms with E-state index >= 15 is 0 Å². The van der Waals surface area contributed by atoms with Gasteiger partial charge in [-0.15, -0.1) is 0 Å². The molecule has 1 saturated heterocycles. The van der Waals surface area contributed by atoms with Gasteiger partial charge in [-0.3, -0.25) is 9.59 Å². The third-order valence-corrected chi connectivity index (χ3v) is 5.23. The zero-order valence-corrected chi connectivity index (χ0v) is 14.9. The van der Waals surface area contributed by atoms with Crippen LogP contribution in [0.15, 0.2) is 42.0 Å². The van der Waals surface area contributed by atoms with Gasteiger partial charge in [0.15, 0.2) is 0 Å². The summed E-state index contributed by atoms with van der Waals surface area (Å²) in [6.07, 6.45) is 9.39. The summed E-state index contributed by atoms with van der Waals surface area (Å²) in [5.41, 5.74) is 2.70. The lowest BCUT2D eigenvalue weighted by Gasteiger charge is -2.19. The summed E-state index contributed by atoms with van der Waals surface area (Å²) < 4.78 is 0. The summed E-state index contributed by atoms with van der Waals surface area (Å²) >= 11 is 0. The lowest BCUT2D eigenvalue weighted by molar-refractivity contribution is -0.129. The number of benzene rings is 1. The quantitative estimate of drug-likeness (QED) is 0.776. The molecule has 1 aromatic rings. The molecule has 1 aromatic carbocycles. The zero-order chi connectivity index (χ0) is 17.5. The Kier molecular flexibility index (Phi) is 6.26. The van der Waals surface area contributed by atoms with Gasteiger partial charge in [0.25, 0.3) is 0 Å². The minimum atomic E-state index is -0.191. The fraction of sp³-hybridized carbons (Fsp3) is 0.524. The zero-order valence-electron chi connectivity index (χ0n) is 14.9. The molecule has 4 nitrogen and oxygen atoms in total. The smallest absolute Gasteiger partial charge is 0.225 e. The van der Waals surface area contributed by atoms with Gasteiger partial charge in [0.05, 0.1) is 5.92 Å². The van der Waals surface area contributed by atoms with Crippen molar-refractivity contribution in [1.29, 1.82) is 0 Å². The predicted octanol–water partition coefficient (Wildman–Crippen LogP) is 3.08. The fourth-order valence-electron chi connectivity index (χ4n) is 3.69. The Morgan fingerprint density at radius 1 is 1.16 bits per heavy atom. The summed E-state index contributed by atoms with van der Waals surface area (Å²) in [7, 11) is 0. The molecule has 0 spiro atoms. The number of carbonyl (C=O) groups is 2. The Morgan fingerprint density at radius 2 is 2.00 bits per heavy atom. The van der Waals surface area contributed by atoms with E-state index in [1.165, 1.54) is 36.8 Å². The first-order valence-electron chi connectivity index (χ1n) is 9.49. The molecule has 0 radical (unpaired) electrons. The molecule has 1 atom stereocenters. The number of hydrogen-bond donors (Lipinski definition) is 1. The highest BCUT2D eigenvalue weighted by molar-refractivity contribution is 5.89. The summed E-state index contributed by atoms with van der Waals surface area (Å²) in [6, 6.07) is 10.1. The molecule has 1 aliphatic heterocycles. The van der Waals surface area contributed by atoms with Crippen molar-refractivity contribution in [1.82, 2.24) is 10.2 Å². The van der Waals surface area contributed by atoms with Crippen LogP contribution in [0.1, 0.15) is 44.1 Å². The van der Waals surface area contributed by atoms with Crippen LogP contribution in [0.3, 0.4) is 0 Å². The van der Waals surface area contributed by atoms with Crippen LogP contribution in [0.4, 0.5) is 0 Å². The first-order chi connectivity index (χ1) is 12.2. The molecule has 4 heteroatoms. The third kappa shape index (κ3) is 5.18. The molecule has 1 fully saturated rings. The molecule has 2 amide bonds. The predicted molar refractivity (Wildman–Crippen MR) is 99.0 cm³/mol. The number of rotatable bonds is 7. The Bertz CT molecular complexity index is 624. The van der Waals surface area contributed by atoms with Gasteiger partial charge in [-0.05, 0) is 44.1 Å². The number of allylic oxidation sites excluding steroid dienone is 1. The molecular weight excluding hydrogens is 312 g/mol. The number of hydrogen-bond acceptors (Lipinski definition) is 2. The second-order valence-electron chi connectivity index (χ2n) is 7.13. The van der Waals surface area contributed by atoms with Crippen LogP contribution < -0.4 is 5.32 Å². The normalized spacial score (nSPS) is 20.5. The van der Waals surface area contributed by atoms with Gasteiger partial charge in [0.1, 0.15) is 0 Å². The standard InChI is InChI=1S/C21H28N2O2/c24-20-15-19(16-23(20)14-12-18-9-5-2-6-10-18)21(25)22-13-11-17-7-3-1-4-8-17/h1,3-4,7-9,19H,2,5-6,10-16H2,(H,22,25). The molecule has 1 unspecified atom stereocenters. The topological polar surface area (TPSA) is 49.4 Å². The van der Waals surface area contributed by atoms with Gasteiger partial charge in [0, 0.05) is 26.1 Å². The largest absolute Gasteiger partial charge is 0.355 e. The minimum absolute atomic E-state index is 0.0173. The van der Waals surface area contributed by atoms with E-state index in [4.69, 9.17) is 0 Å². The monoisotopic (exact) mass is 340 g/mol. The molecule has 1 heterocycles. The van der Waals surface area contributed by atoms with E-state index in [0.29, 0.717) is 19.5 Å². The Morgan fingerprint density at radius 3 is 2.76 bits per heavy atom. The van der Waals surface area contributed by atoms with Crippen molar-refractivity contribution in [3.63, 3.8) is 0 Å². The molecule has 134 valence electrons. The minimum Gasteiger partial charge on any atom is -0.355 e. The highest BCUT2D eigenvalue weighted by Crippen LogP contribution is 2.23. The van der Waals surface area contributed by atoms with Crippen LogP contribution in [-0.4, -0.2) is 36.3 Å². The van der Waals surface area contributed by atoms with Gasteiger partial charge in [-0.1, -0.05) is 42.0 Å². The Labute approximate surface area is 150 Å². The molecule has 0 bridgehead atoms. The van der Waals surface area contributed by atoms with Crippen LogP contribution in [0.2, 0.25) is 0 Å². The van der Waals surface area contributed by atoms with Crippen molar-refractivity contribution in [2.24, 2.45) is 5.92 Å². The fourth-order valence-corrected chi connectivity index (χ4v) is 3.69.